The van der Waals surface area contributed by atoms with Crippen molar-refractivity contribution in [2.75, 3.05) is 32.5 Å². The highest BCUT2D eigenvalue weighted by Crippen LogP contribution is 2.32. The fourth-order valence-corrected chi connectivity index (χ4v) is 6.39. The van der Waals surface area contributed by atoms with Gasteiger partial charge in [0.15, 0.2) is 5.78 Å². The number of carbonyl (C=O) groups is 2. The van der Waals surface area contributed by atoms with Gasteiger partial charge >= 0.3 is 5.97 Å². The molecule has 4 rings (SSSR count). The van der Waals surface area contributed by atoms with Gasteiger partial charge in [-0.3, -0.25) is 14.6 Å². The lowest BCUT2D eigenvalue weighted by atomic mass is 9.79. The number of hydrogen-bond acceptors (Lipinski definition) is 8. The highest BCUT2D eigenvalue weighted by atomic mass is 32.2. The molecule has 0 radical (unpaired) electrons. The molecule has 1 fully saturated rings. The molecule has 7 nitrogen and oxygen atoms in total. The van der Waals surface area contributed by atoms with Gasteiger partial charge in [0, 0.05) is 60.4 Å². The van der Waals surface area contributed by atoms with Crippen molar-refractivity contribution in [2.45, 2.75) is 30.0 Å². The van der Waals surface area contributed by atoms with Crippen LogP contribution in [0.5, 0.6) is 5.75 Å². The van der Waals surface area contributed by atoms with Gasteiger partial charge in [0.2, 0.25) is 0 Å². The van der Waals surface area contributed by atoms with E-state index in [1.807, 2.05) is 29.8 Å². The molecular weight excluding hydrogens is 470 g/mol. The minimum atomic E-state index is -0.771. The number of pyridine rings is 1. The molecule has 1 aromatic carbocycles. The molecule has 2 unspecified atom stereocenters. The number of carbonyl (C=O) groups excluding carboxylic acids is 1. The molecule has 0 saturated carbocycles. The molecule has 34 heavy (non-hydrogen) atoms. The Hall–Kier alpha value is -2.49. The highest BCUT2D eigenvalue weighted by molar-refractivity contribution is 8.01. The molecule has 0 bridgehead atoms. The molecule has 3 aromatic rings. The zero-order chi connectivity index (χ0) is 23.9. The van der Waals surface area contributed by atoms with Crippen molar-refractivity contribution in [3.8, 4) is 5.75 Å². The smallest absolute Gasteiger partial charge is 0.303 e. The van der Waals surface area contributed by atoms with E-state index < -0.39 is 5.97 Å². The summed E-state index contributed by atoms with van der Waals surface area (Å²) in [5.41, 5.74) is 1.41. The fraction of sp³-hybridized carbons (Fsp3) is 0.440. The number of methoxy groups -OCH3 is 1. The van der Waals surface area contributed by atoms with E-state index in [-0.39, 0.29) is 24.0 Å². The Balaban J connectivity index is 1.36. The second-order valence-corrected chi connectivity index (χ2v) is 10.8. The van der Waals surface area contributed by atoms with Gasteiger partial charge < -0.3 is 14.7 Å². The number of nitrogens with zero attached hydrogens (tertiary/aromatic N) is 3. The first-order valence-electron chi connectivity index (χ1n) is 11.5. The second kappa shape index (κ2) is 11.8. The van der Waals surface area contributed by atoms with Gasteiger partial charge in [0.1, 0.15) is 10.1 Å². The third-order valence-electron chi connectivity index (χ3n) is 6.45. The van der Waals surface area contributed by atoms with Crippen LogP contribution in [0.1, 0.15) is 36.0 Å². The summed E-state index contributed by atoms with van der Waals surface area (Å²) in [6, 6.07) is 7.31. The Labute approximate surface area is 207 Å². The minimum absolute atomic E-state index is 0.0539. The van der Waals surface area contributed by atoms with E-state index in [9.17, 15) is 14.7 Å². The average molecular weight is 500 g/mol. The van der Waals surface area contributed by atoms with E-state index in [2.05, 4.69) is 14.9 Å². The van der Waals surface area contributed by atoms with Crippen LogP contribution in [0, 0.1) is 11.8 Å². The standard InChI is InChI=1S/C25H29N3O4S2/c1-32-19-3-4-22-21(15-19)20(6-8-26-22)23(29)5-2-17-7-10-28(16-18(17)14-24(30)31)11-13-34-25-27-9-12-33-25/h3-4,6,8-9,12,15,17-18H,2,5,7,10-11,13-14,16H2,1H3,(H,30,31). The van der Waals surface area contributed by atoms with E-state index in [4.69, 9.17) is 4.74 Å². The first kappa shape index (κ1) is 24.6. The number of carboxylic acid groups (broad SMARTS) is 1. The molecule has 1 N–H and O–H groups in total. The maximum atomic E-state index is 13.1. The van der Waals surface area contributed by atoms with Crippen molar-refractivity contribution in [2.24, 2.45) is 11.8 Å². The molecular formula is C25H29N3O4S2. The van der Waals surface area contributed by atoms with Crippen molar-refractivity contribution in [1.29, 1.82) is 0 Å². The lowest BCUT2D eigenvalue weighted by Crippen LogP contribution is -2.42. The predicted molar refractivity (Wildman–Crippen MR) is 135 cm³/mol. The van der Waals surface area contributed by atoms with Crippen LogP contribution in [0.3, 0.4) is 0 Å². The van der Waals surface area contributed by atoms with E-state index >= 15 is 0 Å². The Morgan fingerprint density at radius 3 is 2.88 bits per heavy atom. The number of rotatable bonds is 11. The Morgan fingerprint density at radius 2 is 2.12 bits per heavy atom. The van der Waals surface area contributed by atoms with Gasteiger partial charge in [0.25, 0.3) is 0 Å². The Kier molecular flexibility index (Phi) is 8.53. The summed E-state index contributed by atoms with van der Waals surface area (Å²) in [7, 11) is 1.60. The van der Waals surface area contributed by atoms with Crippen LogP contribution in [-0.2, 0) is 4.79 Å². The third kappa shape index (κ3) is 6.34. The molecule has 0 spiro atoms. The fourth-order valence-electron chi connectivity index (χ4n) is 4.69. The lowest BCUT2D eigenvalue weighted by molar-refractivity contribution is -0.139. The summed E-state index contributed by atoms with van der Waals surface area (Å²) in [5, 5.41) is 12.2. The summed E-state index contributed by atoms with van der Waals surface area (Å²) in [5.74, 6) is 1.21. The number of carboxylic acids is 1. The maximum Gasteiger partial charge on any atom is 0.303 e. The van der Waals surface area contributed by atoms with E-state index in [1.165, 1.54) is 0 Å². The quantitative estimate of drug-likeness (QED) is 0.295. The molecule has 2 aromatic heterocycles. The molecule has 2 atom stereocenters. The first-order valence-corrected chi connectivity index (χ1v) is 13.3. The normalized spacial score (nSPS) is 18.7. The molecule has 1 saturated heterocycles. The van der Waals surface area contributed by atoms with Crippen molar-refractivity contribution >= 4 is 45.8 Å². The van der Waals surface area contributed by atoms with E-state index in [0.29, 0.717) is 24.2 Å². The number of aromatic nitrogens is 2. The SMILES string of the molecule is COc1ccc2nccc(C(=O)CCC3CCN(CCSc4nccs4)CC3CC(=O)O)c2c1. The number of piperidine rings is 1. The van der Waals surface area contributed by atoms with Crippen LogP contribution >= 0.6 is 23.1 Å². The zero-order valence-corrected chi connectivity index (χ0v) is 20.8. The molecule has 0 amide bonds. The van der Waals surface area contributed by atoms with E-state index in [1.54, 1.807) is 42.5 Å². The van der Waals surface area contributed by atoms with Crippen LogP contribution < -0.4 is 4.74 Å². The molecule has 1 aliphatic heterocycles. The van der Waals surface area contributed by atoms with Crippen molar-refractivity contribution in [3.63, 3.8) is 0 Å². The lowest BCUT2D eigenvalue weighted by Gasteiger charge is -2.38. The number of aliphatic carboxylic acids is 1. The Bertz CT molecular complexity index is 1120. The van der Waals surface area contributed by atoms with Crippen LogP contribution in [0.25, 0.3) is 10.9 Å². The van der Waals surface area contributed by atoms with E-state index in [0.717, 1.165) is 47.1 Å². The van der Waals surface area contributed by atoms with Gasteiger partial charge in [-0.25, -0.2) is 4.98 Å². The number of benzene rings is 1. The number of thioether (sulfide) groups is 1. The summed E-state index contributed by atoms with van der Waals surface area (Å²) in [6.45, 7) is 2.61. The monoisotopic (exact) mass is 499 g/mol. The number of hydrogen-bond donors (Lipinski definition) is 1. The number of likely N-dealkylation sites (tertiary alicyclic amines) is 1. The number of fused-ring (bicyclic) bond motifs is 1. The molecule has 1 aliphatic rings. The third-order valence-corrected chi connectivity index (χ3v) is 8.39. The topological polar surface area (TPSA) is 92.6 Å². The summed E-state index contributed by atoms with van der Waals surface area (Å²) >= 11 is 3.38. The predicted octanol–water partition coefficient (Wildman–Crippen LogP) is 4.87. The van der Waals surface area contributed by atoms with Gasteiger partial charge in [-0.2, -0.15) is 0 Å². The van der Waals surface area contributed by atoms with Crippen molar-refractivity contribution in [3.05, 3.63) is 47.6 Å². The number of ketones is 1. The summed E-state index contributed by atoms with van der Waals surface area (Å²) < 4.78 is 6.38. The van der Waals surface area contributed by atoms with Gasteiger partial charge in [-0.05, 0) is 55.5 Å². The van der Waals surface area contributed by atoms with Gasteiger partial charge in [-0.1, -0.05) is 11.8 Å². The number of ether oxygens (including phenoxy) is 1. The van der Waals surface area contributed by atoms with Crippen LogP contribution in [0.15, 0.2) is 46.4 Å². The van der Waals surface area contributed by atoms with Crippen LogP contribution in [-0.4, -0.2) is 64.2 Å². The molecule has 180 valence electrons. The Morgan fingerprint density at radius 1 is 1.24 bits per heavy atom. The number of thiazole rings is 1. The maximum absolute atomic E-state index is 13.1. The molecule has 0 aliphatic carbocycles. The first-order chi connectivity index (χ1) is 16.5. The molecule has 9 heteroatoms. The molecule has 3 heterocycles. The van der Waals surface area contributed by atoms with Crippen LogP contribution in [0.4, 0.5) is 0 Å². The van der Waals surface area contributed by atoms with Gasteiger partial charge in [-0.15, -0.1) is 11.3 Å². The van der Waals surface area contributed by atoms with Crippen molar-refractivity contribution < 1.29 is 19.4 Å². The largest absolute Gasteiger partial charge is 0.497 e. The van der Waals surface area contributed by atoms with Crippen LogP contribution in [0.2, 0.25) is 0 Å². The summed E-state index contributed by atoms with van der Waals surface area (Å²) in [4.78, 5) is 35.7. The van der Waals surface area contributed by atoms with Crippen molar-refractivity contribution in [1.82, 2.24) is 14.9 Å². The highest BCUT2D eigenvalue weighted by Gasteiger charge is 2.31. The minimum Gasteiger partial charge on any atom is -0.497 e. The summed E-state index contributed by atoms with van der Waals surface area (Å²) in [6.07, 6.45) is 5.64. The average Bonchev–Trinajstić information content (AvgIpc) is 3.36. The number of Topliss-reactive ketones (excluding diaryl/α,β-unsaturated/α-hetero) is 1. The van der Waals surface area contributed by atoms with Gasteiger partial charge in [0.05, 0.1) is 12.6 Å². The zero-order valence-electron chi connectivity index (χ0n) is 19.2. The second-order valence-electron chi connectivity index (χ2n) is 8.56.